The van der Waals surface area contributed by atoms with Crippen LogP contribution in [-0.4, -0.2) is 41.4 Å². The molecule has 1 aliphatic heterocycles. The number of thiocarbonyl (C=S) groups is 1. The summed E-state index contributed by atoms with van der Waals surface area (Å²) in [5.41, 5.74) is 0. The highest BCUT2D eigenvalue weighted by molar-refractivity contribution is 7.80. The van der Waals surface area contributed by atoms with Crippen molar-refractivity contribution in [2.24, 2.45) is 0 Å². The fourth-order valence-corrected chi connectivity index (χ4v) is 3.15. The Kier molecular flexibility index (Phi) is 4.62. The molecular weight excluding hydrogens is 232 g/mol. The zero-order valence-corrected chi connectivity index (χ0v) is 11.8. The van der Waals surface area contributed by atoms with Gasteiger partial charge in [0.05, 0.1) is 18.8 Å². The van der Waals surface area contributed by atoms with Crippen molar-refractivity contribution in [3.63, 3.8) is 0 Å². The molecule has 0 aromatic carbocycles. The number of rotatable bonds is 2. The Labute approximate surface area is 110 Å². The average Bonchev–Trinajstić information content (AvgIpc) is 2.81. The van der Waals surface area contributed by atoms with Crippen molar-refractivity contribution in [1.29, 1.82) is 0 Å². The second kappa shape index (κ2) is 6.01. The first-order chi connectivity index (χ1) is 8.20. The monoisotopic (exact) mass is 256 g/mol. The first-order valence-corrected chi connectivity index (χ1v) is 7.30. The molecule has 4 heteroatoms. The first kappa shape index (κ1) is 13.1. The molecule has 0 aromatic rings. The summed E-state index contributed by atoms with van der Waals surface area (Å²) in [4.78, 5) is 2.34. The Hall–Kier alpha value is -0.350. The van der Waals surface area contributed by atoms with E-state index >= 15 is 0 Å². The van der Waals surface area contributed by atoms with Gasteiger partial charge in [0.1, 0.15) is 0 Å². The van der Waals surface area contributed by atoms with Gasteiger partial charge in [0.25, 0.3) is 0 Å². The quantitative estimate of drug-likeness (QED) is 0.766. The Balaban J connectivity index is 1.90. The molecule has 1 N–H and O–H groups in total. The second-order valence-corrected chi connectivity index (χ2v) is 5.68. The molecule has 2 atom stereocenters. The third-order valence-electron chi connectivity index (χ3n) is 3.88. The van der Waals surface area contributed by atoms with Crippen LogP contribution in [0.3, 0.4) is 0 Å². The summed E-state index contributed by atoms with van der Waals surface area (Å²) >= 11 is 5.57. The van der Waals surface area contributed by atoms with Crippen molar-refractivity contribution in [3.05, 3.63) is 0 Å². The van der Waals surface area contributed by atoms with Crippen molar-refractivity contribution in [3.8, 4) is 0 Å². The predicted octanol–water partition coefficient (Wildman–Crippen LogP) is 2.30. The van der Waals surface area contributed by atoms with Crippen LogP contribution < -0.4 is 5.32 Å². The van der Waals surface area contributed by atoms with E-state index in [9.17, 15) is 0 Å². The van der Waals surface area contributed by atoms with E-state index in [1.807, 2.05) is 0 Å². The van der Waals surface area contributed by atoms with Gasteiger partial charge in [-0.15, -0.1) is 0 Å². The number of nitrogens with zero attached hydrogens (tertiary/aromatic N) is 1. The molecule has 2 aliphatic rings. The van der Waals surface area contributed by atoms with Gasteiger partial charge in [-0.1, -0.05) is 19.8 Å². The SMILES string of the molecule is CCC1COC(C)CN1C(=S)NC1CCCC1. The Bertz CT molecular complexity index is 266. The summed E-state index contributed by atoms with van der Waals surface area (Å²) in [6.45, 7) is 6.06. The van der Waals surface area contributed by atoms with Crippen LogP contribution in [0.25, 0.3) is 0 Å². The molecule has 0 bridgehead atoms. The maximum atomic E-state index is 5.70. The summed E-state index contributed by atoms with van der Waals surface area (Å²) in [5, 5.41) is 4.48. The van der Waals surface area contributed by atoms with E-state index in [1.165, 1.54) is 25.7 Å². The van der Waals surface area contributed by atoms with Crippen molar-refractivity contribution in [2.45, 2.75) is 64.1 Å². The van der Waals surface area contributed by atoms with Crippen molar-refractivity contribution in [2.75, 3.05) is 13.2 Å². The molecule has 1 aliphatic carbocycles. The van der Waals surface area contributed by atoms with Crippen LogP contribution in [0.4, 0.5) is 0 Å². The van der Waals surface area contributed by atoms with Gasteiger partial charge in [-0.25, -0.2) is 0 Å². The summed E-state index contributed by atoms with van der Waals surface area (Å²) in [5.74, 6) is 0. The molecule has 1 heterocycles. The number of morpholine rings is 1. The third kappa shape index (κ3) is 3.32. The molecule has 3 nitrogen and oxygen atoms in total. The molecule has 2 fully saturated rings. The van der Waals surface area contributed by atoms with E-state index in [-0.39, 0.29) is 0 Å². The van der Waals surface area contributed by atoms with E-state index in [0.717, 1.165) is 24.7 Å². The Morgan fingerprint density at radius 2 is 2.12 bits per heavy atom. The van der Waals surface area contributed by atoms with E-state index in [0.29, 0.717) is 18.2 Å². The molecule has 98 valence electrons. The molecular formula is C13H24N2OS. The minimum absolute atomic E-state index is 0.293. The topological polar surface area (TPSA) is 24.5 Å². The Morgan fingerprint density at radius 1 is 1.41 bits per heavy atom. The van der Waals surface area contributed by atoms with Crippen LogP contribution in [0, 0.1) is 0 Å². The number of hydrogen-bond acceptors (Lipinski definition) is 2. The molecule has 2 unspecified atom stereocenters. The molecule has 0 aromatic heterocycles. The normalized spacial score (nSPS) is 30.6. The van der Waals surface area contributed by atoms with Crippen LogP contribution in [0.15, 0.2) is 0 Å². The summed E-state index contributed by atoms with van der Waals surface area (Å²) in [6.07, 6.45) is 6.63. The van der Waals surface area contributed by atoms with Crippen LogP contribution in [0.2, 0.25) is 0 Å². The van der Waals surface area contributed by atoms with Crippen molar-refractivity contribution in [1.82, 2.24) is 10.2 Å². The smallest absolute Gasteiger partial charge is 0.169 e. The largest absolute Gasteiger partial charge is 0.375 e. The zero-order chi connectivity index (χ0) is 12.3. The fourth-order valence-electron chi connectivity index (χ4n) is 2.76. The molecule has 0 amide bonds. The van der Waals surface area contributed by atoms with E-state index < -0.39 is 0 Å². The highest BCUT2D eigenvalue weighted by atomic mass is 32.1. The lowest BCUT2D eigenvalue weighted by molar-refractivity contribution is -0.0288. The number of nitrogens with one attached hydrogen (secondary N) is 1. The van der Waals surface area contributed by atoms with Crippen LogP contribution in [0.1, 0.15) is 46.0 Å². The maximum Gasteiger partial charge on any atom is 0.169 e. The third-order valence-corrected chi connectivity index (χ3v) is 4.23. The van der Waals surface area contributed by atoms with Crippen molar-refractivity contribution < 1.29 is 4.74 Å². The molecule has 2 rings (SSSR count). The minimum atomic E-state index is 0.293. The predicted molar refractivity (Wildman–Crippen MR) is 74.2 cm³/mol. The van der Waals surface area contributed by atoms with E-state index in [2.05, 4.69) is 24.1 Å². The molecule has 1 saturated heterocycles. The van der Waals surface area contributed by atoms with Gasteiger partial charge < -0.3 is 15.0 Å². The molecule has 17 heavy (non-hydrogen) atoms. The van der Waals surface area contributed by atoms with Crippen molar-refractivity contribution >= 4 is 17.3 Å². The van der Waals surface area contributed by atoms with E-state index in [4.69, 9.17) is 17.0 Å². The van der Waals surface area contributed by atoms with Crippen LogP contribution in [0.5, 0.6) is 0 Å². The highest BCUT2D eigenvalue weighted by Crippen LogP contribution is 2.20. The summed E-state index contributed by atoms with van der Waals surface area (Å²) < 4.78 is 5.70. The average molecular weight is 256 g/mol. The maximum absolute atomic E-state index is 5.70. The van der Waals surface area contributed by atoms with Crippen LogP contribution in [-0.2, 0) is 4.74 Å². The van der Waals surface area contributed by atoms with Gasteiger partial charge in [-0.05, 0) is 38.4 Å². The summed E-state index contributed by atoms with van der Waals surface area (Å²) in [7, 11) is 0. The molecule has 0 radical (unpaired) electrons. The lowest BCUT2D eigenvalue weighted by Gasteiger charge is -2.40. The Morgan fingerprint density at radius 3 is 2.76 bits per heavy atom. The highest BCUT2D eigenvalue weighted by Gasteiger charge is 2.28. The number of hydrogen-bond donors (Lipinski definition) is 1. The second-order valence-electron chi connectivity index (χ2n) is 5.29. The van der Waals surface area contributed by atoms with Gasteiger partial charge in [0.15, 0.2) is 5.11 Å². The zero-order valence-electron chi connectivity index (χ0n) is 10.9. The lowest BCUT2D eigenvalue weighted by atomic mass is 10.1. The number of ether oxygens (including phenoxy) is 1. The van der Waals surface area contributed by atoms with E-state index in [1.54, 1.807) is 0 Å². The standard InChI is InChI=1S/C13H24N2OS/c1-3-12-9-16-10(2)8-15(12)13(17)14-11-6-4-5-7-11/h10-12H,3-9H2,1-2H3,(H,14,17). The van der Waals surface area contributed by atoms with Gasteiger partial charge in [0, 0.05) is 12.6 Å². The van der Waals surface area contributed by atoms with Gasteiger partial charge in [0.2, 0.25) is 0 Å². The van der Waals surface area contributed by atoms with Gasteiger partial charge in [-0.3, -0.25) is 0 Å². The fraction of sp³-hybridized carbons (Fsp3) is 0.923. The minimum Gasteiger partial charge on any atom is -0.375 e. The summed E-state index contributed by atoms with van der Waals surface area (Å²) in [6, 6.07) is 1.06. The van der Waals surface area contributed by atoms with Crippen LogP contribution >= 0.6 is 12.2 Å². The molecule has 1 saturated carbocycles. The molecule has 0 spiro atoms. The van der Waals surface area contributed by atoms with Gasteiger partial charge >= 0.3 is 0 Å². The van der Waals surface area contributed by atoms with Gasteiger partial charge in [-0.2, -0.15) is 0 Å². The first-order valence-electron chi connectivity index (χ1n) is 6.89. The lowest BCUT2D eigenvalue weighted by Crippen LogP contribution is -2.55.